The van der Waals surface area contributed by atoms with Crippen LogP contribution in [0.15, 0.2) is 23.1 Å². The van der Waals surface area contributed by atoms with E-state index in [0.717, 1.165) is 13.2 Å². The second-order valence-electron chi connectivity index (χ2n) is 4.20. The number of benzene rings is 1. The van der Waals surface area contributed by atoms with Gasteiger partial charge in [0, 0.05) is 13.1 Å². The Bertz CT molecular complexity index is 656. The molecule has 0 spiro atoms. The van der Waals surface area contributed by atoms with Gasteiger partial charge in [-0.05, 0) is 25.2 Å². The van der Waals surface area contributed by atoms with Gasteiger partial charge in [-0.15, -0.1) is 0 Å². The van der Waals surface area contributed by atoms with Crippen LogP contribution in [-0.4, -0.2) is 54.7 Å². The van der Waals surface area contributed by atoms with E-state index in [1.54, 1.807) is 7.05 Å². The van der Waals surface area contributed by atoms with Crippen LogP contribution in [0.4, 0.5) is 0 Å². The van der Waals surface area contributed by atoms with Gasteiger partial charge in [0.15, 0.2) is 0 Å². The standard InChI is InChI=1S/C13H18N2O6S/c1-14-6-7-15-22(18,19)11-8-9(12(16)20-2)4-5-10(11)13(17)21-3/h4-5,8,14-15H,6-7H2,1-3H3. The molecule has 8 nitrogen and oxygen atoms in total. The third kappa shape index (κ3) is 4.26. The zero-order valence-electron chi connectivity index (χ0n) is 12.5. The molecule has 0 aromatic heterocycles. The summed E-state index contributed by atoms with van der Waals surface area (Å²) in [5.74, 6) is -1.52. The van der Waals surface area contributed by atoms with Gasteiger partial charge in [0.05, 0.1) is 30.2 Å². The number of carbonyl (C=O) groups excluding carboxylic acids is 2. The van der Waals surface area contributed by atoms with Gasteiger partial charge in [0.25, 0.3) is 0 Å². The van der Waals surface area contributed by atoms with Gasteiger partial charge >= 0.3 is 11.9 Å². The highest BCUT2D eigenvalue weighted by molar-refractivity contribution is 7.89. The second-order valence-corrected chi connectivity index (χ2v) is 5.93. The molecule has 0 aliphatic heterocycles. The van der Waals surface area contributed by atoms with E-state index in [9.17, 15) is 18.0 Å². The molecule has 22 heavy (non-hydrogen) atoms. The van der Waals surface area contributed by atoms with Crippen molar-refractivity contribution in [2.75, 3.05) is 34.4 Å². The summed E-state index contributed by atoms with van der Waals surface area (Å²) in [4.78, 5) is 22.9. The van der Waals surface area contributed by atoms with Crippen LogP contribution in [0.25, 0.3) is 0 Å². The lowest BCUT2D eigenvalue weighted by Gasteiger charge is -2.11. The normalized spacial score (nSPS) is 11.0. The van der Waals surface area contributed by atoms with E-state index in [1.807, 2.05) is 0 Å². The Morgan fingerprint density at radius 3 is 2.27 bits per heavy atom. The molecule has 9 heteroatoms. The van der Waals surface area contributed by atoms with E-state index < -0.39 is 22.0 Å². The fourth-order valence-electron chi connectivity index (χ4n) is 1.66. The van der Waals surface area contributed by atoms with Gasteiger partial charge < -0.3 is 14.8 Å². The molecule has 0 bridgehead atoms. The Balaban J connectivity index is 3.33. The maximum absolute atomic E-state index is 12.3. The zero-order valence-corrected chi connectivity index (χ0v) is 13.3. The molecule has 122 valence electrons. The molecule has 0 aliphatic carbocycles. The lowest BCUT2D eigenvalue weighted by atomic mass is 10.1. The minimum Gasteiger partial charge on any atom is -0.465 e. The summed E-state index contributed by atoms with van der Waals surface area (Å²) in [6, 6.07) is 3.59. The lowest BCUT2D eigenvalue weighted by molar-refractivity contribution is 0.0583. The molecule has 0 aliphatic rings. The molecule has 0 atom stereocenters. The molecule has 1 aromatic carbocycles. The Labute approximate surface area is 128 Å². The Morgan fingerprint density at radius 1 is 1.09 bits per heavy atom. The molecule has 0 unspecified atom stereocenters. The zero-order chi connectivity index (χ0) is 16.8. The van der Waals surface area contributed by atoms with Crippen molar-refractivity contribution in [1.29, 1.82) is 0 Å². The highest BCUT2D eigenvalue weighted by Gasteiger charge is 2.24. The summed E-state index contributed by atoms with van der Waals surface area (Å²) in [6.45, 7) is 0.533. The van der Waals surface area contributed by atoms with Gasteiger partial charge in [-0.1, -0.05) is 0 Å². The minimum atomic E-state index is -3.98. The molecule has 0 saturated heterocycles. The van der Waals surface area contributed by atoms with Gasteiger partial charge in [-0.2, -0.15) is 0 Å². The fourth-order valence-corrected chi connectivity index (χ4v) is 2.91. The summed E-state index contributed by atoms with van der Waals surface area (Å²) >= 11 is 0. The van der Waals surface area contributed by atoms with Gasteiger partial charge in [0.2, 0.25) is 10.0 Å². The van der Waals surface area contributed by atoms with E-state index in [1.165, 1.54) is 19.2 Å². The van der Waals surface area contributed by atoms with Crippen molar-refractivity contribution in [2.24, 2.45) is 0 Å². The fraction of sp³-hybridized carbons (Fsp3) is 0.385. The summed E-state index contributed by atoms with van der Waals surface area (Å²) < 4.78 is 36.1. The lowest BCUT2D eigenvalue weighted by Crippen LogP contribution is -2.31. The van der Waals surface area contributed by atoms with Crippen LogP contribution in [0.3, 0.4) is 0 Å². The maximum Gasteiger partial charge on any atom is 0.339 e. The number of sulfonamides is 1. The van der Waals surface area contributed by atoms with Crippen molar-refractivity contribution < 1.29 is 27.5 Å². The minimum absolute atomic E-state index is 0.0177. The Morgan fingerprint density at radius 2 is 1.73 bits per heavy atom. The first-order valence-corrected chi connectivity index (χ1v) is 7.80. The third-order valence-electron chi connectivity index (χ3n) is 2.76. The van der Waals surface area contributed by atoms with Crippen molar-refractivity contribution in [1.82, 2.24) is 10.0 Å². The molecule has 0 fully saturated rings. The van der Waals surface area contributed by atoms with Crippen LogP contribution < -0.4 is 10.0 Å². The average Bonchev–Trinajstić information content (AvgIpc) is 2.52. The number of carbonyl (C=O) groups is 2. The smallest absolute Gasteiger partial charge is 0.339 e. The molecular formula is C13H18N2O6S. The molecule has 0 heterocycles. The largest absolute Gasteiger partial charge is 0.465 e. The summed E-state index contributed by atoms with van der Waals surface area (Å²) in [5.41, 5.74) is -0.142. The number of nitrogens with one attached hydrogen (secondary N) is 2. The number of methoxy groups -OCH3 is 2. The van der Waals surface area contributed by atoms with Gasteiger partial charge in [-0.3, -0.25) is 0 Å². The Hall–Kier alpha value is -1.97. The molecule has 0 saturated carbocycles. The van der Waals surface area contributed by atoms with Crippen LogP contribution in [0.5, 0.6) is 0 Å². The predicted molar refractivity (Wildman–Crippen MR) is 78.2 cm³/mol. The first kappa shape index (κ1) is 18.1. The Kier molecular flexibility index (Phi) is 6.47. The predicted octanol–water partition coefficient (Wildman–Crippen LogP) is -0.242. The molecule has 1 aromatic rings. The number of esters is 2. The monoisotopic (exact) mass is 330 g/mol. The first-order chi connectivity index (χ1) is 10.4. The van der Waals surface area contributed by atoms with Gasteiger partial charge in [-0.25, -0.2) is 22.7 Å². The van der Waals surface area contributed by atoms with E-state index >= 15 is 0 Å². The number of hydrogen-bond acceptors (Lipinski definition) is 7. The summed E-state index contributed by atoms with van der Waals surface area (Å²) in [5, 5.41) is 2.79. The van der Waals surface area contributed by atoms with Crippen molar-refractivity contribution in [3.8, 4) is 0 Å². The number of likely N-dealkylation sites (N-methyl/N-ethyl adjacent to an activating group) is 1. The van der Waals surface area contributed by atoms with E-state index in [4.69, 9.17) is 0 Å². The quantitative estimate of drug-likeness (QED) is 0.524. The molecular weight excluding hydrogens is 312 g/mol. The first-order valence-electron chi connectivity index (χ1n) is 6.32. The van der Waals surface area contributed by atoms with Crippen molar-refractivity contribution in [2.45, 2.75) is 4.90 Å². The van der Waals surface area contributed by atoms with Crippen LogP contribution in [0.2, 0.25) is 0 Å². The number of hydrogen-bond donors (Lipinski definition) is 2. The van der Waals surface area contributed by atoms with Crippen molar-refractivity contribution >= 4 is 22.0 Å². The van der Waals surface area contributed by atoms with E-state index in [-0.39, 0.29) is 22.6 Å². The maximum atomic E-state index is 12.3. The number of ether oxygens (including phenoxy) is 2. The van der Waals surface area contributed by atoms with E-state index in [2.05, 4.69) is 19.5 Å². The topological polar surface area (TPSA) is 111 Å². The van der Waals surface area contributed by atoms with Crippen LogP contribution in [0.1, 0.15) is 20.7 Å². The number of rotatable bonds is 7. The highest BCUT2D eigenvalue weighted by atomic mass is 32.2. The van der Waals surface area contributed by atoms with E-state index in [0.29, 0.717) is 6.54 Å². The third-order valence-corrected chi connectivity index (χ3v) is 4.27. The van der Waals surface area contributed by atoms with Crippen molar-refractivity contribution in [3.63, 3.8) is 0 Å². The van der Waals surface area contributed by atoms with Crippen LogP contribution >= 0.6 is 0 Å². The highest BCUT2D eigenvalue weighted by Crippen LogP contribution is 2.19. The summed E-state index contributed by atoms with van der Waals surface area (Å²) in [6.07, 6.45) is 0. The van der Waals surface area contributed by atoms with Crippen LogP contribution in [-0.2, 0) is 19.5 Å². The summed E-state index contributed by atoms with van der Waals surface area (Å²) in [7, 11) is 0.00828. The van der Waals surface area contributed by atoms with Gasteiger partial charge in [0.1, 0.15) is 0 Å². The average molecular weight is 330 g/mol. The molecule has 2 N–H and O–H groups in total. The molecule has 0 radical (unpaired) electrons. The molecule has 0 amide bonds. The SMILES string of the molecule is CNCCNS(=O)(=O)c1cc(C(=O)OC)ccc1C(=O)OC. The van der Waals surface area contributed by atoms with Crippen LogP contribution in [0, 0.1) is 0 Å². The second kappa shape index (κ2) is 7.87. The van der Waals surface area contributed by atoms with Crippen molar-refractivity contribution in [3.05, 3.63) is 29.3 Å². The molecule has 1 rings (SSSR count).